The lowest BCUT2D eigenvalue weighted by Crippen LogP contribution is -2.08. The first-order chi connectivity index (χ1) is 8.08. The summed E-state index contributed by atoms with van der Waals surface area (Å²) in [6, 6.07) is 4.37. The Balaban J connectivity index is 2.91. The van der Waals surface area contributed by atoms with Crippen molar-refractivity contribution in [2.24, 2.45) is 0 Å². The topological polar surface area (TPSA) is 72.8 Å². The summed E-state index contributed by atoms with van der Waals surface area (Å²) in [4.78, 5) is 22.2. The molecular formula is C12H14O5. The molecule has 17 heavy (non-hydrogen) atoms. The van der Waals surface area contributed by atoms with Gasteiger partial charge < -0.3 is 14.6 Å². The summed E-state index contributed by atoms with van der Waals surface area (Å²) in [6.45, 7) is 3.28. The summed E-state index contributed by atoms with van der Waals surface area (Å²) < 4.78 is 9.74. The number of phenols is 1. The number of hydrogen-bond acceptors (Lipinski definition) is 5. The predicted molar refractivity (Wildman–Crippen MR) is 60.0 cm³/mol. The molecule has 0 radical (unpaired) electrons. The molecule has 0 saturated heterocycles. The second-order valence-electron chi connectivity index (χ2n) is 3.26. The first kappa shape index (κ1) is 13.0. The number of esters is 2. The van der Waals surface area contributed by atoms with Gasteiger partial charge in [0.05, 0.1) is 0 Å². The molecule has 0 bridgehead atoms. The highest BCUT2D eigenvalue weighted by atomic mass is 16.6. The molecule has 1 aromatic rings. The molecule has 0 aliphatic rings. The van der Waals surface area contributed by atoms with Crippen LogP contribution < -0.4 is 9.47 Å². The highest BCUT2D eigenvalue weighted by molar-refractivity contribution is 5.75. The van der Waals surface area contributed by atoms with Crippen molar-refractivity contribution in [1.82, 2.24) is 0 Å². The number of benzene rings is 1. The summed E-state index contributed by atoms with van der Waals surface area (Å²) in [6.07, 6.45) is 0.386. The van der Waals surface area contributed by atoms with Gasteiger partial charge >= 0.3 is 11.9 Å². The molecule has 0 amide bonds. The van der Waals surface area contributed by atoms with Crippen molar-refractivity contribution in [2.75, 3.05) is 0 Å². The lowest BCUT2D eigenvalue weighted by molar-refractivity contribution is -0.134. The van der Waals surface area contributed by atoms with Crippen LogP contribution in [0.1, 0.15) is 26.7 Å². The number of aromatic hydroxyl groups is 1. The van der Waals surface area contributed by atoms with Crippen LogP contribution in [0.25, 0.3) is 0 Å². The maximum atomic E-state index is 11.1. The molecule has 5 nitrogen and oxygen atoms in total. The Morgan fingerprint density at radius 2 is 1.47 bits per heavy atom. The molecule has 0 atom stereocenters. The lowest BCUT2D eigenvalue weighted by Gasteiger charge is -2.09. The second kappa shape index (κ2) is 5.89. The van der Waals surface area contributed by atoms with Gasteiger partial charge in [-0.25, -0.2) is 0 Å². The average Bonchev–Trinajstić information content (AvgIpc) is 2.33. The SMILES string of the molecule is CCC(=O)Oc1cccc(OC(=O)CC)c1O. The van der Waals surface area contributed by atoms with Gasteiger partial charge in [0, 0.05) is 12.8 Å². The minimum atomic E-state index is -0.473. The van der Waals surface area contributed by atoms with E-state index in [0.29, 0.717) is 0 Å². The molecule has 92 valence electrons. The Kier molecular flexibility index (Phi) is 4.51. The van der Waals surface area contributed by atoms with Crippen LogP contribution in [-0.4, -0.2) is 17.0 Å². The summed E-state index contributed by atoms with van der Waals surface area (Å²) in [5.41, 5.74) is 0. The lowest BCUT2D eigenvalue weighted by atomic mass is 10.3. The fraction of sp³-hybridized carbons (Fsp3) is 0.333. The molecule has 1 rings (SSSR count). The molecule has 0 aliphatic carbocycles. The monoisotopic (exact) mass is 238 g/mol. The number of hydrogen-bond donors (Lipinski definition) is 1. The van der Waals surface area contributed by atoms with Crippen molar-refractivity contribution < 1.29 is 24.2 Å². The first-order valence-corrected chi connectivity index (χ1v) is 5.31. The van der Waals surface area contributed by atoms with E-state index in [1.165, 1.54) is 18.2 Å². The molecule has 0 fully saturated rings. The molecule has 0 heterocycles. The number of carbonyl (C=O) groups is 2. The van der Waals surface area contributed by atoms with Crippen molar-refractivity contribution >= 4 is 11.9 Å². The van der Waals surface area contributed by atoms with Crippen LogP contribution >= 0.6 is 0 Å². The van der Waals surface area contributed by atoms with E-state index in [0.717, 1.165) is 0 Å². The molecular weight excluding hydrogens is 224 g/mol. The third kappa shape index (κ3) is 3.48. The Morgan fingerprint density at radius 1 is 1.06 bits per heavy atom. The van der Waals surface area contributed by atoms with Crippen molar-refractivity contribution in [1.29, 1.82) is 0 Å². The van der Waals surface area contributed by atoms with Crippen molar-refractivity contribution in [3.63, 3.8) is 0 Å². The number of para-hydroxylation sites is 1. The zero-order chi connectivity index (χ0) is 12.8. The highest BCUT2D eigenvalue weighted by Gasteiger charge is 2.14. The van der Waals surface area contributed by atoms with Crippen LogP contribution in [0.15, 0.2) is 18.2 Å². The van der Waals surface area contributed by atoms with Crippen LogP contribution in [0.2, 0.25) is 0 Å². The number of rotatable bonds is 4. The van der Waals surface area contributed by atoms with E-state index in [1.54, 1.807) is 13.8 Å². The molecule has 5 heteroatoms. The van der Waals surface area contributed by atoms with E-state index in [-0.39, 0.29) is 30.1 Å². The van der Waals surface area contributed by atoms with Crippen molar-refractivity contribution in [2.45, 2.75) is 26.7 Å². The standard InChI is InChI=1S/C12H14O5/c1-3-10(13)16-8-6-5-7-9(12(8)15)17-11(14)4-2/h5-7,15H,3-4H2,1-2H3. The molecule has 0 unspecified atom stereocenters. The molecule has 1 N–H and O–H groups in total. The predicted octanol–water partition coefficient (Wildman–Crippen LogP) is 2.02. The summed E-state index contributed by atoms with van der Waals surface area (Å²) in [7, 11) is 0. The van der Waals surface area contributed by atoms with Crippen LogP contribution in [0, 0.1) is 0 Å². The van der Waals surface area contributed by atoms with E-state index in [4.69, 9.17) is 9.47 Å². The molecule has 0 aromatic heterocycles. The maximum absolute atomic E-state index is 11.1. The zero-order valence-electron chi connectivity index (χ0n) is 9.73. The van der Waals surface area contributed by atoms with E-state index >= 15 is 0 Å². The quantitative estimate of drug-likeness (QED) is 0.641. The second-order valence-corrected chi connectivity index (χ2v) is 3.26. The van der Waals surface area contributed by atoms with Crippen molar-refractivity contribution in [3.8, 4) is 17.2 Å². The summed E-state index contributed by atoms with van der Waals surface area (Å²) >= 11 is 0. The van der Waals surface area contributed by atoms with Crippen LogP contribution in [0.3, 0.4) is 0 Å². The number of phenolic OH excluding ortho intramolecular Hbond substituents is 1. The minimum absolute atomic E-state index is 0.0155. The van der Waals surface area contributed by atoms with Gasteiger partial charge in [-0.15, -0.1) is 0 Å². The third-order valence-electron chi connectivity index (χ3n) is 1.99. The molecule has 0 aliphatic heterocycles. The van der Waals surface area contributed by atoms with Gasteiger partial charge in [0.25, 0.3) is 0 Å². The zero-order valence-corrected chi connectivity index (χ0v) is 9.73. The number of ether oxygens (including phenoxy) is 2. The van der Waals surface area contributed by atoms with E-state index in [9.17, 15) is 14.7 Å². The molecule has 0 spiro atoms. The Bertz CT molecular complexity index is 389. The summed E-state index contributed by atoms with van der Waals surface area (Å²) in [5.74, 6) is -1.33. The molecule has 1 aromatic carbocycles. The van der Waals surface area contributed by atoms with Gasteiger partial charge in [-0.05, 0) is 12.1 Å². The van der Waals surface area contributed by atoms with Gasteiger partial charge in [0.1, 0.15) is 0 Å². The van der Waals surface area contributed by atoms with Crippen LogP contribution in [-0.2, 0) is 9.59 Å². The van der Waals surface area contributed by atoms with E-state index < -0.39 is 11.9 Å². The van der Waals surface area contributed by atoms with E-state index in [1.807, 2.05) is 0 Å². The number of carbonyl (C=O) groups excluding carboxylic acids is 2. The highest BCUT2D eigenvalue weighted by Crippen LogP contribution is 2.36. The average molecular weight is 238 g/mol. The van der Waals surface area contributed by atoms with Gasteiger partial charge in [-0.1, -0.05) is 19.9 Å². The van der Waals surface area contributed by atoms with Crippen LogP contribution in [0.5, 0.6) is 17.2 Å². The van der Waals surface area contributed by atoms with Crippen LogP contribution in [0.4, 0.5) is 0 Å². The van der Waals surface area contributed by atoms with Gasteiger partial charge in [-0.3, -0.25) is 9.59 Å². The van der Waals surface area contributed by atoms with E-state index in [2.05, 4.69) is 0 Å². The van der Waals surface area contributed by atoms with Gasteiger partial charge in [0.15, 0.2) is 11.5 Å². The molecule has 0 saturated carbocycles. The maximum Gasteiger partial charge on any atom is 0.311 e. The Hall–Kier alpha value is -2.04. The normalized spacial score (nSPS) is 9.76. The van der Waals surface area contributed by atoms with Crippen molar-refractivity contribution in [3.05, 3.63) is 18.2 Å². The fourth-order valence-corrected chi connectivity index (χ4v) is 1.06. The van der Waals surface area contributed by atoms with Gasteiger partial charge in [0.2, 0.25) is 5.75 Å². The minimum Gasteiger partial charge on any atom is -0.502 e. The smallest absolute Gasteiger partial charge is 0.311 e. The Morgan fingerprint density at radius 3 is 1.82 bits per heavy atom. The fourth-order valence-electron chi connectivity index (χ4n) is 1.06. The first-order valence-electron chi connectivity index (χ1n) is 5.31. The van der Waals surface area contributed by atoms with Gasteiger partial charge in [-0.2, -0.15) is 0 Å². The summed E-state index contributed by atoms with van der Waals surface area (Å²) in [5, 5.41) is 9.72. The largest absolute Gasteiger partial charge is 0.502 e. The Labute approximate surface area is 99.0 Å². The third-order valence-corrected chi connectivity index (χ3v) is 1.99.